The molecule has 0 saturated carbocycles. The van der Waals surface area contributed by atoms with Crippen molar-refractivity contribution in [3.05, 3.63) is 72.6 Å². The van der Waals surface area contributed by atoms with Crippen LogP contribution in [0.15, 0.2) is 61.3 Å². The molecule has 2 rings (SSSR count). The van der Waals surface area contributed by atoms with Gasteiger partial charge in [-0.1, -0.05) is 36.9 Å². The molecule has 1 aromatic heterocycles. The summed E-state index contributed by atoms with van der Waals surface area (Å²) in [6.45, 7) is 5.68. The second-order valence-corrected chi connectivity index (χ2v) is 4.13. The van der Waals surface area contributed by atoms with Gasteiger partial charge in [0.05, 0.1) is 5.69 Å². The van der Waals surface area contributed by atoms with Gasteiger partial charge in [0.1, 0.15) is 12.4 Å². The van der Waals surface area contributed by atoms with Crippen LogP contribution in [0.2, 0.25) is 0 Å². The standard InChI is InChI=1S/C16H18N2O/c1-2-11-19-16-9-4-3-7-14(16)12-17-13-15-8-5-6-10-18-15/h2-10,17H,1,11-13H2. The van der Waals surface area contributed by atoms with Crippen molar-refractivity contribution in [1.82, 2.24) is 10.3 Å². The Kier molecular flexibility index (Phi) is 5.14. The van der Waals surface area contributed by atoms with E-state index in [1.165, 1.54) is 0 Å². The maximum Gasteiger partial charge on any atom is 0.124 e. The number of hydrogen-bond donors (Lipinski definition) is 1. The van der Waals surface area contributed by atoms with E-state index in [0.717, 1.165) is 30.1 Å². The summed E-state index contributed by atoms with van der Waals surface area (Å²) in [7, 11) is 0. The van der Waals surface area contributed by atoms with Crippen LogP contribution in [-0.2, 0) is 13.1 Å². The predicted octanol–water partition coefficient (Wildman–Crippen LogP) is 2.94. The number of rotatable bonds is 7. The molecule has 0 radical (unpaired) electrons. The molecule has 0 aliphatic rings. The Hall–Kier alpha value is -2.13. The van der Waals surface area contributed by atoms with Crippen LogP contribution in [0.25, 0.3) is 0 Å². The van der Waals surface area contributed by atoms with Crippen LogP contribution in [-0.4, -0.2) is 11.6 Å². The van der Waals surface area contributed by atoms with Crippen LogP contribution in [0.4, 0.5) is 0 Å². The zero-order valence-corrected chi connectivity index (χ0v) is 10.9. The van der Waals surface area contributed by atoms with Crippen LogP contribution >= 0.6 is 0 Å². The van der Waals surface area contributed by atoms with Crippen molar-refractivity contribution in [3.8, 4) is 5.75 Å². The van der Waals surface area contributed by atoms with Crippen molar-refractivity contribution in [3.63, 3.8) is 0 Å². The van der Waals surface area contributed by atoms with Gasteiger partial charge in [-0.15, -0.1) is 0 Å². The van der Waals surface area contributed by atoms with Gasteiger partial charge in [0.2, 0.25) is 0 Å². The third-order valence-electron chi connectivity index (χ3n) is 2.68. The third-order valence-corrected chi connectivity index (χ3v) is 2.68. The lowest BCUT2D eigenvalue weighted by molar-refractivity contribution is 0.358. The van der Waals surface area contributed by atoms with Gasteiger partial charge in [-0.2, -0.15) is 0 Å². The maximum absolute atomic E-state index is 5.62. The second kappa shape index (κ2) is 7.34. The Balaban J connectivity index is 1.90. The van der Waals surface area contributed by atoms with E-state index in [2.05, 4.69) is 22.9 Å². The van der Waals surface area contributed by atoms with Gasteiger partial charge in [-0.3, -0.25) is 4.98 Å². The smallest absolute Gasteiger partial charge is 0.124 e. The summed E-state index contributed by atoms with van der Waals surface area (Å²) in [4.78, 5) is 4.27. The quantitative estimate of drug-likeness (QED) is 0.771. The molecule has 0 aliphatic carbocycles. The van der Waals surface area contributed by atoms with Crippen molar-refractivity contribution >= 4 is 0 Å². The minimum Gasteiger partial charge on any atom is -0.489 e. The number of aromatic nitrogens is 1. The molecule has 1 heterocycles. The van der Waals surface area contributed by atoms with Crippen molar-refractivity contribution in [2.24, 2.45) is 0 Å². The van der Waals surface area contributed by atoms with E-state index in [1.54, 1.807) is 12.3 Å². The first-order chi connectivity index (χ1) is 9.40. The zero-order chi connectivity index (χ0) is 13.3. The van der Waals surface area contributed by atoms with Crippen molar-refractivity contribution < 1.29 is 4.74 Å². The van der Waals surface area contributed by atoms with Crippen LogP contribution in [0.1, 0.15) is 11.3 Å². The highest BCUT2D eigenvalue weighted by Crippen LogP contribution is 2.17. The Morgan fingerprint density at radius 1 is 1.11 bits per heavy atom. The van der Waals surface area contributed by atoms with E-state index in [9.17, 15) is 0 Å². The summed E-state index contributed by atoms with van der Waals surface area (Å²) in [5, 5.41) is 3.37. The van der Waals surface area contributed by atoms with E-state index in [-0.39, 0.29) is 0 Å². The first-order valence-corrected chi connectivity index (χ1v) is 6.32. The molecule has 0 fully saturated rings. The molecule has 3 heteroatoms. The zero-order valence-electron chi connectivity index (χ0n) is 10.9. The second-order valence-electron chi connectivity index (χ2n) is 4.13. The summed E-state index contributed by atoms with van der Waals surface area (Å²) < 4.78 is 5.62. The van der Waals surface area contributed by atoms with E-state index >= 15 is 0 Å². The van der Waals surface area contributed by atoms with Crippen LogP contribution in [0.5, 0.6) is 5.75 Å². The minimum absolute atomic E-state index is 0.525. The van der Waals surface area contributed by atoms with Gasteiger partial charge in [-0.05, 0) is 18.2 Å². The average Bonchev–Trinajstić information content (AvgIpc) is 2.47. The van der Waals surface area contributed by atoms with Crippen molar-refractivity contribution in [2.75, 3.05) is 6.61 Å². The summed E-state index contributed by atoms with van der Waals surface area (Å²) in [5.74, 6) is 0.899. The van der Waals surface area contributed by atoms with Crippen molar-refractivity contribution in [2.45, 2.75) is 13.1 Å². The predicted molar refractivity (Wildman–Crippen MR) is 76.9 cm³/mol. The molecule has 0 aliphatic heterocycles. The molecule has 0 unspecified atom stereocenters. The number of nitrogens with one attached hydrogen (secondary N) is 1. The average molecular weight is 254 g/mol. The van der Waals surface area contributed by atoms with Crippen LogP contribution in [0, 0.1) is 0 Å². The van der Waals surface area contributed by atoms with Crippen LogP contribution in [0.3, 0.4) is 0 Å². The maximum atomic E-state index is 5.62. The van der Waals surface area contributed by atoms with Gasteiger partial charge in [0.25, 0.3) is 0 Å². The fraction of sp³-hybridized carbons (Fsp3) is 0.188. The Morgan fingerprint density at radius 3 is 2.74 bits per heavy atom. The molecule has 1 N–H and O–H groups in total. The Morgan fingerprint density at radius 2 is 1.95 bits per heavy atom. The Labute approximate surface area is 114 Å². The normalized spacial score (nSPS) is 10.1. The minimum atomic E-state index is 0.525. The SMILES string of the molecule is C=CCOc1ccccc1CNCc1ccccn1. The van der Waals surface area contributed by atoms with Gasteiger partial charge < -0.3 is 10.1 Å². The number of hydrogen-bond acceptors (Lipinski definition) is 3. The van der Waals surface area contributed by atoms with E-state index in [1.807, 2.05) is 36.4 Å². The first kappa shape index (κ1) is 13.3. The van der Waals surface area contributed by atoms with E-state index in [4.69, 9.17) is 4.74 Å². The Bertz CT molecular complexity index is 511. The topological polar surface area (TPSA) is 34.1 Å². The lowest BCUT2D eigenvalue weighted by Crippen LogP contribution is -2.14. The van der Waals surface area contributed by atoms with Gasteiger partial charge in [0, 0.05) is 24.8 Å². The largest absolute Gasteiger partial charge is 0.489 e. The number of nitrogens with zero attached hydrogens (tertiary/aromatic N) is 1. The highest BCUT2D eigenvalue weighted by atomic mass is 16.5. The summed E-state index contributed by atoms with van der Waals surface area (Å²) >= 11 is 0. The number of ether oxygens (including phenoxy) is 1. The summed E-state index contributed by atoms with van der Waals surface area (Å²) in [6, 6.07) is 13.9. The lowest BCUT2D eigenvalue weighted by Gasteiger charge is -2.10. The molecule has 19 heavy (non-hydrogen) atoms. The lowest BCUT2D eigenvalue weighted by atomic mass is 10.2. The molecule has 1 aromatic carbocycles. The van der Waals surface area contributed by atoms with Crippen LogP contribution < -0.4 is 10.1 Å². The third kappa shape index (κ3) is 4.23. The molecule has 98 valence electrons. The number of benzene rings is 1. The highest BCUT2D eigenvalue weighted by Gasteiger charge is 2.02. The fourth-order valence-electron chi connectivity index (χ4n) is 1.77. The fourth-order valence-corrected chi connectivity index (χ4v) is 1.77. The molecule has 0 bridgehead atoms. The van der Waals surface area contributed by atoms with Gasteiger partial charge >= 0.3 is 0 Å². The van der Waals surface area contributed by atoms with Gasteiger partial charge in [-0.25, -0.2) is 0 Å². The molecule has 3 nitrogen and oxygen atoms in total. The molecule has 2 aromatic rings. The van der Waals surface area contributed by atoms with Crippen molar-refractivity contribution in [1.29, 1.82) is 0 Å². The van der Waals surface area contributed by atoms with Gasteiger partial charge in [0.15, 0.2) is 0 Å². The van der Waals surface area contributed by atoms with E-state index < -0.39 is 0 Å². The molecule has 0 amide bonds. The molecule has 0 atom stereocenters. The summed E-state index contributed by atoms with van der Waals surface area (Å²) in [6.07, 6.45) is 3.55. The molecule has 0 spiro atoms. The molecular formula is C16H18N2O. The molecule has 0 saturated heterocycles. The summed E-state index contributed by atoms with van der Waals surface area (Å²) in [5.41, 5.74) is 2.17. The monoisotopic (exact) mass is 254 g/mol. The number of para-hydroxylation sites is 1. The highest BCUT2D eigenvalue weighted by molar-refractivity contribution is 5.33. The van der Waals surface area contributed by atoms with E-state index in [0.29, 0.717) is 6.61 Å². The number of pyridine rings is 1. The first-order valence-electron chi connectivity index (χ1n) is 6.32. The molecular weight excluding hydrogens is 236 g/mol.